The first-order valence-electron chi connectivity index (χ1n) is 6.25. The van der Waals surface area contributed by atoms with Gasteiger partial charge in [-0.05, 0) is 30.8 Å². The summed E-state index contributed by atoms with van der Waals surface area (Å²) in [7, 11) is 1.61. The summed E-state index contributed by atoms with van der Waals surface area (Å²) in [5.41, 5.74) is 0.717. The standard InChI is InChI=1S/C14H19NO3/c1-3-15-13-9-18-8-12(13)14(16)10-4-6-11(17-2)7-5-10/h4-7,12-13,15H,3,8-9H2,1-2H3. The van der Waals surface area contributed by atoms with Gasteiger partial charge in [0, 0.05) is 11.6 Å². The van der Waals surface area contributed by atoms with Gasteiger partial charge in [0.1, 0.15) is 5.75 Å². The minimum Gasteiger partial charge on any atom is -0.497 e. The quantitative estimate of drug-likeness (QED) is 0.803. The first-order chi connectivity index (χ1) is 8.76. The molecule has 2 atom stereocenters. The van der Waals surface area contributed by atoms with E-state index in [0.717, 1.165) is 12.3 Å². The molecule has 1 saturated heterocycles. The fourth-order valence-electron chi connectivity index (χ4n) is 2.25. The van der Waals surface area contributed by atoms with Crippen molar-refractivity contribution >= 4 is 5.78 Å². The number of nitrogens with one attached hydrogen (secondary N) is 1. The number of carbonyl (C=O) groups excluding carboxylic acids is 1. The van der Waals surface area contributed by atoms with Crippen molar-refractivity contribution in [3.63, 3.8) is 0 Å². The predicted octanol–water partition coefficient (Wildman–Crippen LogP) is 1.50. The number of Topliss-reactive ketones (excluding diaryl/α,β-unsaturated/α-hetero) is 1. The molecule has 0 bridgehead atoms. The van der Waals surface area contributed by atoms with Crippen LogP contribution in [0, 0.1) is 5.92 Å². The predicted molar refractivity (Wildman–Crippen MR) is 69.1 cm³/mol. The largest absolute Gasteiger partial charge is 0.497 e. The fourth-order valence-corrected chi connectivity index (χ4v) is 2.25. The molecule has 2 rings (SSSR count). The summed E-state index contributed by atoms with van der Waals surface area (Å²) in [6.07, 6.45) is 0. The highest BCUT2D eigenvalue weighted by molar-refractivity contribution is 5.98. The molecule has 0 radical (unpaired) electrons. The van der Waals surface area contributed by atoms with E-state index in [1.807, 2.05) is 31.2 Å². The third kappa shape index (κ3) is 2.71. The zero-order chi connectivity index (χ0) is 13.0. The summed E-state index contributed by atoms with van der Waals surface area (Å²) in [5, 5.41) is 3.30. The van der Waals surface area contributed by atoms with Crippen LogP contribution in [-0.4, -0.2) is 38.7 Å². The highest BCUT2D eigenvalue weighted by Crippen LogP contribution is 2.21. The van der Waals surface area contributed by atoms with Gasteiger partial charge >= 0.3 is 0 Å². The van der Waals surface area contributed by atoms with Crippen molar-refractivity contribution in [3.05, 3.63) is 29.8 Å². The summed E-state index contributed by atoms with van der Waals surface area (Å²) < 4.78 is 10.5. The smallest absolute Gasteiger partial charge is 0.169 e. The lowest BCUT2D eigenvalue weighted by molar-refractivity contribution is 0.0891. The number of rotatable bonds is 5. The Morgan fingerprint density at radius 2 is 2.11 bits per heavy atom. The molecule has 0 amide bonds. The van der Waals surface area contributed by atoms with Crippen LogP contribution in [0.3, 0.4) is 0 Å². The second kappa shape index (κ2) is 5.98. The minimum atomic E-state index is -0.0849. The Labute approximate surface area is 107 Å². The van der Waals surface area contributed by atoms with E-state index in [-0.39, 0.29) is 17.7 Å². The van der Waals surface area contributed by atoms with Crippen LogP contribution in [0.4, 0.5) is 0 Å². The number of hydrogen-bond acceptors (Lipinski definition) is 4. The Bertz CT molecular complexity index is 402. The number of carbonyl (C=O) groups is 1. The summed E-state index contributed by atoms with van der Waals surface area (Å²) >= 11 is 0. The first-order valence-corrected chi connectivity index (χ1v) is 6.25. The van der Waals surface area contributed by atoms with Crippen molar-refractivity contribution < 1.29 is 14.3 Å². The third-order valence-corrected chi connectivity index (χ3v) is 3.26. The number of hydrogen-bond donors (Lipinski definition) is 1. The monoisotopic (exact) mass is 249 g/mol. The van der Waals surface area contributed by atoms with Gasteiger partial charge in [-0.3, -0.25) is 4.79 Å². The Morgan fingerprint density at radius 3 is 2.72 bits per heavy atom. The van der Waals surface area contributed by atoms with Crippen molar-refractivity contribution in [1.29, 1.82) is 0 Å². The van der Waals surface area contributed by atoms with Crippen LogP contribution in [0.5, 0.6) is 5.75 Å². The topological polar surface area (TPSA) is 47.6 Å². The second-order valence-electron chi connectivity index (χ2n) is 4.40. The molecule has 4 nitrogen and oxygen atoms in total. The fraction of sp³-hybridized carbons (Fsp3) is 0.500. The molecule has 1 aromatic carbocycles. The summed E-state index contributed by atoms with van der Waals surface area (Å²) in [6.45, 7) is 4.00. The Morgan fingerprint density at radius 1 is 1.39 bits per heavy atom. The zero-order valence-corrected chi connectivity index (χ0v) is 10.8. The highest BCUT2D eigenvalue weighted by Gasteiger charge is 2.33. The van der Waals surface area contributed by atoms with Crippen LogP contribution >= 0.6 is 0 Å². The maximum absolute atomic E-state index is 12.4. The van der Waals surface area contributed by atoms with Crippen LogP contribution < -0.4 is 10.1 Å². The van der Waals surface area contributed by atoms with E-state index in [4.69, 9.17) is 9.47 Å². The summed E-state index contributed by atoms with van der Waals surface area (Å²) in [5.74, 6) is 0.817. The van der Waals surface area contributed by atoms with Crippen molar-refractivity contribution in [1.82, 2.24) is 5.32 Å². The number of ketones is 1. The molecule has 4 heteroatoms. The van der Waals surface area contributed by atoms with Crippen molar-refractivity contribution in [2.45, 2.75) is 13.0 Å². The van der Waals surface area contributed by atoms with Crippen LogP contribution in [0.2, 0.25) is 0 Å². The van der Waals surface area contributed by atoms with E-state index in [2.05, 4.69) is 5.32 Å². The third-order valence-electron chi connectivity index (χ3n) is 3.26. The molecule has 1 fully saturated rings. The summed E-state index contributed by atoms with van der Waals surface area (Å²) in [6, 6.07) is 7.37. The van der Waals surface area contributed by atoms with E-state index in [1.54, 1.807) is 7.11 Å². The maximum Gasteiger partial charge on any atom is 0.169 e. The molecule has 0 saturated carbocycles. The lowest BCUT2D eigenvalue weighted by Crippen LogP contribution is -2.39. The van der Waals surface area contributed by atoms with Gasteiger partial charge in [0.25, 0.3) is 0 Å². The molecular weight excluding hydrogens is 230 g/mol. The molecule has 98 valence electrons. The second-order valence-corrected chi connectivity index (χ2v) is 4.40. The molecule has 2 unspecified atom stereocenters. The lowest BCUT2D eigenvalue weighted by Gasteiger charge is -2.17. The molecule has 1 aliphatic heterocycles. The van der Waals surface area contributed by atoms with Crippen LogP contribution in [0.25, 0.3) is 0 Å². The molecule has 1 heterocycles. The SMILES string of the molecule is CCNC1COCC1C(=O)c1ccc(OC)cc1. The zero-order valence-electron chi connectivity index (χ0n) is 10.8. The Hall–Kier alpha value is -1.39. The van der Waals surface area contributed by atoms with E-state index in [1.165, 1.54) is 0 Å². The molecule has 1 aliphatic rings. The van der Waals surface area contributed by atoms with Gasteiger partial charge < -0.3 is 14.8 Å². The average molecular weight is 249 g/mol. The average Bonchev–Trinajstić information content (AvgIpc) is 2.87. The first kappa shape index (κ1) is 13.1. The molecule has 18 heavy (non-hydrogen) atoms. The van der Waals surface area contributed by atoms with Gasteiger partial charge in [-0.2, -0.15) is 0 Å². The number of methoxy groups -OCH3 is 1. The molecule has 0 aliphatic carbocycles. The van der Waals surface area contributed by atoms with Gasteiger partial charge in [0.2, 0.25) is 0 Å². The van der Waals surface area contributed by atoms with Crippen LogP contribution in [-0.2, 0) is 4.74 Å². The number of likely N-dealkylation sites (N-methyl/N-ethyl adjacent to an activating group) is 1. The van der Waals surface area contributed by atoms with Gasteiger partial charge in [-0.25, -0.2) is 0 Å². The Balaban J connectivity index is 2.09. The number of benzene rings is 1. The molecule has 1 N–H and O–H groups in total. The van der Waals surface area contributed by atoms with Crippen LogP contribution in [0.1, 0.15) is 17.3 Å². The van der Waals surface area contributed by atoms with E-state index in [9.17, 15) is 4.79 Å². The van der Waals surface area contributed by atoms with E-state index < -0.39 is 0 Å². The molecule has 0 aromatic heterocycles. The highest BCUT2D eigenvalue weighted by atomic mass is 16.5. The molecular formula is C14H19NO3. The minimum absolute atomic E-state index is 0.0849. The summed E-state index contributed by atoms with van der Waals surface area (Å²) in [4.78, 5) is 12.4. The molecule has 0 spiro atoms. The van der Waals surface area contributed by atoms with E-state index >= 15 is 0 Å². The Kier molecular flexibility index (Phi) is 4.33. The lowest BCUT2D eigenvalue weighted by atomic mass is 9.93. The van der Waals surface area contributed by atoms with Crippen molar-refractivity contribution in [2.24, 2.45) is 5.92 Å². The van der Waals surface area contributed by atoms with Gasteiger partial charge in [-0.15, -0.1) is 0 Å². The van der Waals surface area contributed by atoms with Gasteiger partial charge in [-0.1, -0.05) is 6.92 Å². The van der Waals surface area contributed by atoms with E-state index in [0.29, 0.717) is 18.8 Å². The molecule has 1 aromatic rings. The van der Waals surface area contributed by atoms with Crippen molar-refractivity contribution in [2.75, 3.05) is 26.9 Å². The normalized spacial score (nSPS) is 23.0. The maximum atomic E-state index is 12.4. The van der Waals surface area contributed by atoms with Gasteiger partial charge in [0.05, 0.1) is 26.2 Å². The van der Waals surface area contributed by atoms with Crippen LogP contribution in [0.15, 0.2) is 24.3 Å². The van der Waals surface area contributed by atoms with Crippen molar-refractivity contribution in [3.8, 4) is 5.75 Å². The van der Waals surface area contributed by atoms with Gasteiger partial charge in [0.15, 0.2) is 5.78 Å². The number of ether oxygens (including phenoxy) is 2.